The van der Waals surface area contributed by atoms with E-state index in [9.17, 15) is 18.3 Å². The van der Waals surface area contributed by atoms with Gasteiger partial charge in [0.25, 0.3) is 0 Å². The second-order valence-corrected chi connectivity index (χ2v) is 6.57. The lowest BCUT2D eigenvalue weighted by Crippen LogP contribution is -2.08. The fourth-order valence-corrected chi connectivity index (χ4v) is 3.37. The molecule has 3 aromatic rings. The number of hydrogen-bond donors (Lipinski definition) is 1. The maximum Gasteiger partial charge on any atom is 0.416 e. The van der Waals surface area contributed by atoms with Crippen molar-refractivity contribution in [3.05, 3.63) is 70.6 Å². The van der Waals surface area contributed by atoms with E-state index in [0.717, 1.165) is 17.8 Å². The number of alkyl halides is 3. The molecule has 3 nitrogen and oxygen atoms in total. The first-order chi connectivity index (χ1) is 11.8. The van der Waals surface area contributed by atoms with Crippen molar-refractivity contribution in [1.82, 2.24) is 4.98 Å². The third-order valence-corrected chi connectivity index (χ3v) is 4.84. The summed E-state index contributed by atoms with van der Waals surface area (Å²) in [7, 11) is 1.82. The van der Waals surface area contributed by atoms with E-state index in [0.29, 0.717) is 15.6 Å². The van der Waals surface area contributed by atoms with E-state index < -0.39 is 11.7 Å². The van der Waals surface area contributed by atoms with Gasteiger partial charge in [-0.2, -0.15) is 18.2 Å². The van der Waals surface area contributed by atoms with Crippen molar-refractivity contribution in [3.63, 3.8) is 0 Å². The summed E-state index contributed by atoms with van der Waals surface area (Å²) >= 11 is 1.25. The van der Waals surface area contributed by atoms with Crippen LogP contribution in [0.3, 0.4) is 0 Å². The van der Waals surface area contributed by atoms with Crippen LogP contribution in [0.15, 0.2) is 54.6 Å². The highest BCUT2D eigenvalue weighted by Gasteiger charge is 2.30. The van der Waals surface area contributed by atoms with Crippen molar-refractivity contribution in [2.24, 2.45) is 0 Å². The number of aromatic hydroxyl groups is 1. The Balaban J connectivity index is 1.84. The predicted molar refractivity (Wildman–Crippen MR) is 92.5 cm³/mol. The number of anilines is 2. The average molecular weight is 364 g/mol. The van der Waals surface area contributed by atoms with Gasteiger partial charge in [0.15, 0.2) is 5.13 Å². The number of para-hydroxylation sites is 1. The van der Waals surface area contributed by atoms with Gasteiger partial charge in [-0.15, -0.1) is 0 Å². The number of thiazole rings is 1. The first kappa shape index (κ1) is 17.3. The topological polar surface area (TPSA) is 36.4 Å². The lowest BCUT2D eigenvalue weighted by Gasteiger charge is -2.15. The zero-order valence-electron chi connectivity index (χ0n) is 13.3. The molecule has 0 fully saturated rings. The predicted octanol–water partition coefficient (Wildman–Crippen LogP) is 5.23. The van der Waals surface area contributed by atoms with E-state index in [-0.39, 0.29) is 12.3 Å². The lowest BCUT2D eigenvalue weighted by molar-refractivity contribution is -0.137. The minimum atomic E-state index is -4.38. The van der Waals surface area contributed by atoms with E-state index in [4.69, 9.17) is 0 Å². The largest absolute Gasteiger partial charge is 0.492 e. The van der Waals surface area contributed by atoms with Crippen LogP contribution in [0.5, 0.6) is 5.88 Å². The van der Waals surface area contributed by atoms with Crippen LogP contribution in [0.25, 0.3) is 0 Å². The molecule has 0 bridgehead atoms. The molecule has 3 rings (SSSR count). The Morgan fingerprint density at radius 2 is 1.80 bits per heavy atom. The maximum atomic E-state index is 12.8. The molecule has 0 saturated heterocycles. The Kier molecular flexibility index (Phi) is 4.67. The molecule has 1 aromatic heterocycles. The van der Waals surface area contributed by atoms with Crippen LogP contribution in [0.2, 0.25) is 0 Å². The first-order valence-electron chi connectivity index (χ1n) is 7.48. The van der Waals surface area contributed by atoms with Gasteiger partial charge in [-0.25, -0.2) is 0 Å². The lowest BCUT2D eigenvalue weighted by atomic mass is 10.1. The molecular weight excluding hydrogens is 349 g/mol. The van der Waals surface area contributed by atoms with Crippen molar-refractivity contribution >= 4 is 22.2 Å². The molecule has 130 valence electrons. The van der Waals surface area contributed by atoms with Gasteiger partial charge in [0, 0.05) is 19.2 Å². The summed E-state index contributed by atoms with van der Waals surface area (Å²) < 4.78 is 38.5. The number of hydrogen-bond acceptors (Lipinski definition) is 4. The highest BCUT2D eigenvalue weighted by atomic mass is 32.1. The summed E-state index contributed by atoms with van der Waals surface area (Å²) in [6.45, 7) is 0. The molecule has 1 N–H and O–H groups in total. The number of nitrogens with zero attached hydrogens (tertiary/aromatic N) is 2. The number of rotatable bonds is 4. The molecule has 0 atom stereocenters. The monoisotopic (exact) mass is 364 g/mol. The van der Waals surface area contributed by atoms with Gasteiger partial charge in [-0.1, -0.05) is 47.7 Å². The van der Waals surface area contributed by atoms with Crippen molar-refractivity contribution in [2.75, 3.05) is 11.9 Å². The summed E-state index contributed by atoms with van der Waals surface area (Å²) in [5.41, 5.74) is 0.681. The Hall–Kier alpha value is -2.54. The van der Waals surface area contributed by atoms with E-state index in [2.05, 4.69) is 4.98 Å². The Morgan fingerprint density at radius 3 is 2.48 bits per heavy atom. The van der Waals surface area contributed by atoms with Gasteiger partial charge in [0.05, 0.1) is 10.4 Å². The van der Waals surface area contributed by atoms with Gasteiger partial charge < -0.3 is 10.0 Å². The van der Waals surface area contributed by atoms with E-state index in [1.165, 1.54) is 17.4 Å². The molecule has 25 heavy (non-hydrogen) atoms. The minimum Gasteiger partial charge on any atom is -0.492 e. The smallest absolute Gasteiger partial charge is 0.416 e. The molecule has 1 heterocycles. The van der Waals surface area contributed by atoms with Gasteiger partial charge in [0.2, 0.25) is 5.88 Å². The highest BCUT2D eigenvalue weighted by Crippen LogP contribution is 2.36. The zero-order chi connectivity index (χ0) is 18.0. The van der Waals surface area contributed by atoms with Crippen molar-refractivity contribution in [2.45, 2.75) is 12.6 Å². The molecule has 0 radical (unpaired) electrons. The molecule has 0 aliphatic rings. The second kappa shape index (κ2) is 6.76. The van der Waals surface area contributed by atoms with Crippen LogP contribution in [0.1, 0.15) is 16.0 Å². The summed E-state index contributed by atoms with van der Waals surface area (Å²) in [6, 6.07) is 14.6. The van der Waals surface area contributed by atoms with E-state index in [1.807, 2.05) is 42.3 Å². The summed E-state index contributed by atoms with van der Waals surface area (Å²) in [5.74, 6) is -0.153. The number of benzene rings is 2. The fraction of sp³-hybridized carbons (Fsp3) is 0.167. The SMILES string of the molecule is CN(c1ccccc1)c1nc(O)c(Cc2cccc(C(F)(F)F)c2)s1. The van der Waals surface area contributed by atoms with Crippen LogP contribution in [0.4, 0.5) is 24.0 Å². The van der Waals surface area contributed by atoms with Gasteiger partial charge in [-0.05, 0) is 23.8 Å². The van der Waals surface area contributed by atoms with Crippen molar-refractivity contribution in [1.29, 1.82) is 0 Å². The highest BCUT2D eigenvalue weighted by molar-refractivity contribution is 7.16. The fourth-order valence-electron chi connectivity index (χ4n) is 2.40. The number of halogens is 3. The van der Waals surface area contributed by atoms with Crippen LogP contribution in [0, 0.1) is 0 Å². The minimum absolute atomic E-state index is 0.153. The van der Waals surface area contributed by atoms with E-state index >= 15 is 0 Å². The molecule has 0 aliphatic heterocycles. The second-order valence-electron chi connectivity index (χ2n) is 5.51. The van der Waals surface area contributed by atoms with Crippen LogP contribution >= 0.6 is 11.3 Å². The van der Waals surface area contributed by atoms with Crippen molar-refractivity contribution in [3.8, 4) is 5.88 Å². The maximum absolute atomic E-state index is 12.8. The molecular formula is C18H15F3N2OS. The molecule has 0 unspecified atom stereocenters. The van der Waals surface area contributed by atoms with Crippen molar-refractivity contribution < 1.29 is 18.3 Å². The summed E-state index contributed by atoms with van der Waals surface area (Å²) in [5, 5.41) is 10.6. The van der Waals surface area contributed by atoms with Crippen LogP contribution in [-0.2, 0) is 12.6 Å². The van der Waals surface area contributed by atoms with Crippen LogP contribution < -0.4 is 4.90 Å². The third kappa shape index (κ3) is 3.93. The Bertz CT molecular complexity index is 862. The summed E-state index contributed by atoms with van der Waals surface area (Å²) in [4.78, 5) is 6.48. The summed E-state index contributed by atoms with van der Waals surface area (Å²) in [6.07, 6.45) is -4.19. The molecule has 7 heteroatoms. The molecule has 0 aliphatic carbocycles. The van der Waals surface area contributed by atoms with Gasteiger partial charge >= 0.3 is 6.18 Å². The standard InChI is InChI=1S/C18H15F3N2OS/c1-23(14-8-3-2-4-9-14)17-22-16(24)15(25-17)11-12-6-5-7-13(10-12)18(19,20)21/h2-10,24H,11H2,1H3. The zero-order valence-corrected chi connectivity index (χ0v) is 14.1. The Morgan fingerprint density at radius 1 is 1.08 bits per heavy atom. The first-order valence-corrected chi connectivity index (χ1v) is 8.30. The third-order valence-electron chi connectivity index (χ3n) is 3.71. The van der Waals surface area contributed by atoms with Gasteiger partial charge in [-0.3, -0.25) is 0 Å². The molecule has 0 amide bonds. The quantitative estimate of drug-likeness (QED) is 0.689. The Labute approximate surface area is 147 Å². The molecule has 0 spiro atoms. The molecule has 2 aromatic carbocycles. The van der Waals surface area contributed by atoms with Gasteiger partial charge in [0.1, 0.15) is 0 Å². The normalized spacial score (nSPS) is 11.5. The molecule has 0 saturated carbocycles. The number of aromatic nitrogens is 1. The van der Waals surface area contributed by atoms with Crippen LogP contribution in [-0.4, -0.2) is 17.1 Å². The average Bonchev–Trinajstić information content (AvgIpc) is 2.95. The van der Waals surface area contributed by atoms with E-state index in [1.54, 1.807) is 6.07 Å².